The molecule has 4 aromatic heterocycles. The van der Waals surface area contributed by atoms with Crippen molar-refractivity contribution in [2.24, 2.45) is 0 Å². The lowest BCUT2D eigenvalue weighted by Crippen LogP contribution is -2.10. The number of aromatic nitrogens is 4. The molecular formula is C34H39N5O4S. The fourth-order valence-corrected chi connectivity index (χ4v) is 6.77. The summed E-state index contributed by atoms with van der Waals surface area (Å²) in [5.74, 6) is -1.85. The van der Waals surface area contributed by atoms with Gasteiger partial charge in [0.15, 0.2) is 0 Å². The minimum absolute atomic E-state index is 0.0406. The molecule has 0 fully saturated rings. The van der Waals surface area contributed by atoms with Crippen molar-refractivity contribution in [2.75, 3.05) is 0 Å². The number of nitrogens with zero attached hydrogens (tertiary/aromatic N) is 1. The van der Waals surface area contributed by atoms with Gasteiger partial charge in [-0.3, -0.25) is 15.0 Å². The van der Waals surface area contributed by atoms with Crippen LogP contribution < -0.4 is 5.36 Å². The van der Waals surface area contributed by atoms with Gasteiger partial charge < -0.3 is 25.2 Å². The van der Waals surface area contributed by atoms with Crippen LogP contribution in [-0.2, 0) is 22.4 Å². The van der Waals surface area contributed by atoms with Crippen LogP contribution in [0.4, 0.5) is 0 Å². The Balaban J connectivity index is 2.02. The van der Waals surface area contributed by atoms with E-state index in [0.717, 1.165) is 67.4 Å². The zero-order chi connectivity index (χ0) is 32.0. The fourth-order valence-electron chi connectivity index (χ4n) is 6.44. The number of H-pyrrole nitrogens is 3. The van der Waals surface area contributed by atoms with Crippen LogP contribution in [0.1, 0.15) is 90.1 Å². The SMILES string of the molecule is CCc1c(C)c2cc3[nH]c(cc4nc(c(=N)c5[nH]c(cc1[nH]2)c(C)c5CCC(=O)O)C(CCC(=O)O)=C4C)c(C)c3[C@H](C)S. The van der Waals surface area contributed by atoms with Crippen molar-refractivity contribution in [3.63, 3.8) is 0 Å². The van der Waals surface area contributed by atoms with Crippen LogP contribution in [0.3, 0.4) is 0 Å². The van der Waals surface area contributed by atoms with E-state index in [1.165, 1.54) is 5.56 Å². The molecule has 0 amide bonds. The molecule has 0 unspecified atom stereocenters. The quantitative estimate of drug-likeness (QED) is 0.104. The molecule has 8 bridgehead atoms. The lowest BCUT2D eigenvalue weighted by Gasteiger charge is -2.04. The molecule has 5 rings (SSSR count). The van der Waals surface area contributed by atoms with E-state index in [2.05, 4.69) is 41.8 Å². The number of aromatic amines is 3. The van der Waals surface area contributed by atoms with E-state index < -0.39 is 11.9 Å². The molecule has 0 aromatic carbocycles. The second-order valence-corrected chi connectivity index (χ2v) is 12.4. The minimum Gasteiger partial charge on any atom is -0.481 e. The molecule has 230 valence electrons. The number of aliphatic carboxylic acids is 2. The Morgan fingerprint density at radius 1 is 0.841 bits per heavy atom. The van der Waals surface area contributed by atoms with E-state index in [4.69, 9.17) is 17.6 Å². The Bertz CT molecular complexity index is 2060. The molecule has 0 radical (unpaired) electrons. The van der Waals surface area contributed by atoms with Gasteiger partial charge in [-0.15, -0.1) is 0 Å². The maximum atomic E-state index is 11.6. The van der Waals surface area contributed by atoms with Crippen molar-refractivity contribution in [3.05, 3.63) is 68.3 Å². The van der Waals surface area contributed by atoms with E-state index in [1.807, 2.05) is 32.9 Å². The van der Waals surface area contributed by atoms with Gasteiger partial charge in [0.1, 0.15) is 5.36 Å². The highest BCUT2D eigenvalue weighted by atomic mass is 32.1. The topological polar surface area (TPSA) is 159 Å². The van der Waals surface area contributed by atoms with Gasteiger partial charge in [0.25, 0.3) is 0 Å². The summed E-state index contributed by atoms with van der Waals surface area (Å²) in [5.41, 5.74) is 13.6. The number of fused-ring (bicyclic) bond motifs is 8. The molecule has 44 heavy (non-hydrogen) atoms. The first-order valence-electron chi connectivity index (χ1n) is 14.9. The summed E-state index contributed by atoms with van der Waals surface area (Å²) in [6.07, 6.45) is 1.08. The number of hydrogen-bond donors (Lipinski definition) is 7. The fraction of sp³-hybridized carbons (Fsp3) is 0.353. The number of carboxylic acid groups (broad SMARTS) is 2. The summed E-state index contributed by atoms with van der Waals surface area (Å²) in [4.78, 5) is 38.8. The molecule has 4 aromatic rings. The summed E-state index contributed by atoms with van der Waals surface area (Å²) in [6, 6.07) is 6.12. The number of allylic oxidation sites excluding steroid dienone is 2. The molecule has 1 atom stereocenters. The van der Waals surface area contributed by atoms with Crippen LogP contribution in [0.15, 0.2) is 18.2 Å². The summed E-state index contributed by atoms with van der Waals surface area (Å²) in [5, 5.41) is 28.5. The lowest BCUT2D eigenvalue weighted by molar-refractivity contribution is -0.137. The average Bonchev–Trinajstić information content (AvgIpc) is 3.63. The largest absolute Gasteiger partial charge is 0.481 e. The third kappa shape index (κ3) is 5.54. The highest BCUT2D eigenvalue weighted by molar-refractivity contribution is 7.80. The molecule has 9 nitrogen and oxygen atoms in total. The molecule has 0 spiro atoms. The molecular weight excluding hydrogens is 574 g/mol. The molecule has 10 heteroatoms. The van der Waals surface area contributed by atoms with Crippen LogP contribution in [-0.4, -0.2) is 42.1 Å². The van der Waals surface area contributed by atoms with E-state index >= 15 is 0 Å². The Hall–Kier alpha value is -4.31. The number of hydrogen-bond acceptors (Lipinski definition) is 5. The second kappa shape index (κ2) is 12.0. The van der Waals surface area contributed by atoms with Crippen LogP contribution in [0.5, 0.6) is 0 Å². The predicted molar refractivity (Wildman–Crippen MR) is 178 cm³/mol. The van der Waals surface area contributed by atoms with Crippen LogP contribution >= 0.6 is 12.6 Å². The molecule has 0 aliphatic carbocycles. The highest BCUT2D eigenvalue weighted by Gasteiger charge is 2.22. The summed E-state index contributed by atoms with van der Waals surface area (Å²) < 4.78 is 0. The van der Waals surface area contributed by atoms with Gasteiger partial charge in [-0.05, 0) is 117 Å². The number of nitrogens with one attached hydrogen (secondary N) is 4. The first-order chi connectivity index (χ1) is 20.8. The van der Waals surface area contributed by atoms with Gasteiger partial charge >= 0.3 is 11.9 Å². The van der Waals surface area contributed by atoms with Crippen molar-refractivity contribution >= 4 is 68.8 Å². The Kier molecular flexibility index (Phi) is 8.49. The van der Waals surface area contributed by atoms with Crippen LogP contribution in [0.2, 0.25) is 0 Å². The van der Waals surface area contributed by atoms with Gasteiger partial charge in [-0.25, -0.2) is 4.98 Å². The number of rotatable bonds is 8. The third-order valence-corrected chi connectivity index (χ3v) is 9.14. The Labute approximate surface area is 260 Å². The monoisotopic (exact) mass is 613 g/mol. The van der Waals surface area contributed by atoms with E-state index in [9.17, 15) is 25.2 Å². The molecule has 1 aliphatic heterocycles. The summed E-state index contributed by atoms with van der Waals surface area (Å²) in [7, 11) is 0. The first kappa shape index (κ1) is 31.1. The number of carboxylic acids is 2. The molecule has 1 aliphatic rings. The molecule has 6 N–H and O–H groups in total. The van der Waals surface area contributed by atoms with Gasteiger partial charge in [0, 0.05) is 45.7 Å². The zero-order valence-electron chi connectivity index (χ0n) is 26.0. The van der Waals surface area contributed by atoms with E-state index in [0.29, 0.717) is 22.5 Å². The highest BCUT2D eigenvalue weighted by Crippen LogP contribution is 2.35. The van der Waals surface area contributed by atoms with Crippen LogP contribution in [0, 0.1) is 26.2 Å². The third-order valence-electron chi connectivity index (χ3n) is 8.89. The van der Waals surface area contributed by atoms with Crippen molar-refractivity contribution in [1.29, 1.82) is 5.41 Å². The van der Waals surface area contributed by atoms with Gasteiger partial charge in [-0.2, -0.15) is 12.6 Å². The van der Waals surface area contributed by atoms with Gasteiger partial charge in [0.05, 0.1) is 16.9 Å². The van der Waals surface area contributed by atoms with E-state index in [-0.39, 0.29) is 36.3 Å². The van der Waals surface area contributed by atoms with Gasteiger partial charge in [-0.1, -0.05) is 6.92 Å². The van der Waals surface area contributed by atoms with Crippen molar-refractivity contribution in [3.8, 4) is 0 Å². The molecule has 5 heterocycles. The summed E-state index contributed by atoms with van der Waals surface area (Å²) >= 11 is 4.81. The summed E-state index contributed by atoms with van der Waals surface area (Å²) in [6.45, 7) is 12.2. The Morgan fingerprint density at radius 3 is 2.05 bits per heavy atom. The zero-order valence-corrected chi connectivity index (χ0v) is 26.8. The number of aryl methyl sites for hydroxylation is 5. The Morgan fingerprint density at radius 2 is 1.41 bits per heavy atom. The first-order valence-corrected chi connectivity index (χ1v) is 15.4. The van der Waals surface area contributed by atoms with Crippen molar-refractivity contribution < 1.29 is 19.8 Å². The molecule has 0 saturated carbocycles. The maximum Gasteiger partial charge on any atom is 0.303 e. The average molecular weight is 614 g/mol. The minimum atomic E-state index is -0.929. The lowest BCUT2D eigenvalue weighted by atomic mass is 9.99. The second-order valence-electron chi connectivity index (χ2n) is 11.6. The van der Waals surface area contributed by atoms with E-state index in [1.54, 1.807) is 0 Å². The smallest absolute Gasteiger partial charge is 0.303 e. The standard InChI is InChI=1S/C34H39N5O4S/c1-7-20-15(2)23-14-28-31(19(6)44)18(5)26(37-28)12-24-16(3)21(8-10-29(40)41)33(38-24)32(35)34-22(9-11-30(42)43)17(4)25(39-34)13-27(20)36-23/h12-14,19,35-37,39,44H,7-11H2,1-6H3,(H,40,41)(H,42,43)/t19-/m0/s1. The normalized spacial score (nSPS) is 13.2. The van der Waals surface area contributed by atoms with Gasteiger partial charge in [0.2, 0.25) is 0 Å². The maximum absolute atomic E-state index is 11.6. The van der Waals surface area contributed by atoms with Crippen molar-refractivity contribution in [2.45, 2.75) is 78.9 Å². The number of thiol groups is 1. The predicted octanol–water partition coefficient (Wildman–Crippen LogP) is 7.30. The molecule has 0 saturated heterocycles. The van der Waals surface area contributed by atoms with Crippen LogP contribution in [0.25, 0.3) is 44.2 Å². The number of carbonyl (C=O) groups is 2. The van der Waals surface area contributed by atoms with Crippen molar-refractivity contribution in [1.82, 2.24) is 19.9 Å².